The van der Waals surface area contributed by atoms with Crippen LogP contribution < -0.4 is 9.46 Å². The molecule has 1 aromatic carbocycles. The van der Waals surface area contributed by atoms with Crippen LogP contribution in [0.25, 0.3) is 11.0 Å². The molecule has 0 amide bonds. The Kier molecular flexibility index (Phi) is 5.32. The Labute approximate surface area is 159 Å². The average Bonchev–Trinajstić information content (AvgIpc) is 3.07. The van der Waals surface area contributed by atoms with E-state index in [4.69, 9.17) is 4.74 Å². The van der Waals surface area contributed by atoms with Gasteiger partial charge in [-0.05, 0) is 24.6 Å². The molecule has 0 aliphatic heterocycles. The molecule has 0 unspecified atom stereocenters. The maximum atomic E-state index is 14.9. The molecule has 0 aliphatic carbocycles. The highest BCUT2D eigenvalue weighted by atomic mass is 32.2. The van der Waals surface area contributed by atoms with E-state index >= 15 is 0 Å². The van der Waals surface area contributed by atoms with Crippen LogP contribution in [0.5, 0.6) is 5.75 Å². The molecule has 0 spiro atoms. The van der Waals surface area contributed by atoms with Gasteiger partial charge in [0.25, 0.3) is 0 Å². The molecule has 3 rings (SSSR count). The summed E-state index contributed by atoms with van der Waals surface area (Å²) in [5, 5.41) is 0.320. The molecule has 0 atom stereocenters. The van der Waals surface area contributed by atoms with E-state index in [2.05, 4.69) is 9.97 Å². The van der Waals surface area contributed by atoms with Crippen LogP contribution in [-0.4, -0.2) is 37.0 Å². The Hall–Kier alpha value is -3.01. The van der Waals surface area contributed by atoms with Crippen LogP contribution in [0.1, 0.15) is 29.3 Å². The summed E-state index contributed by atoms with van der Waals surface area (Å²) in [5.41, 5.74) is -1.04. The minimum absolute atomic E-state index is 0.0206. The Balaban J connectivity index is 2.08. The lowest BCUT2D eigenvalue weighted by atomic mass is 10.0. The van der Waals surface area contributed by atoms with Crippen molar-refractivity contribution in [2.45, 2.75) is 13.3 Å². The van der Waals surface area contributed by atoms with Gasteiger partial charge in [-0.2, -0.15) is 0 Å². The molecule has 0 aliphatic rings. The van der Waals surface area contributed by atoms with Crippen LogP contribution in [0.2, 0.25) is 0 Å². The van der Waals surface area contributed by atoms with E-state index in [9.17, 15) is 22.0 Å². The standard InChI is InChI=1S/C18H17F2N3O4S/c1-3-6-28(25,26)23-14-5-4-13(19)15(16(14)20)17(24)12-9-22-18-11(12)7-10(27-2)8-21-18/h4-5,7-9,23H,3,6H2,1-2H3,(H,21,22). The van der Waals surface area contributed by atoms with Crippen molar-refractivity contribution in [3.63, 3.8) is 0 Å². The van der Waals surface area contributed by atoms with Gasteiger partial charge in [0.1, 0.15) is 17.2 Å². The fraction of sp³-hybridized carbons (Fsp3) is 0.222. The van der Waals surface area contributed by atoms with Gasteiger partial charge in [-0.15, -0.1) is 0 Å². The van der Waals surface area contributed by atoms with Gasteiger partial charge in [0.2, 0.25) is 15.8 Å². The number of sulfonamides is 1. The van der Waals surface area contributed by atoms with Gasteiger partial charge in [0, 0.05) is 17.1 Å². The van der Waals surface area contributed by atoms with Crippen molar-refractivity contribution in [2.24, 2.45) is 0 Å². The molecule has 7 nitrogen and oxygen atoms in total. The molecule has 28 heavy (non-hydrogen) atoms. The topological polar surface area (TPSA) is 101 Å². The number of fused-ring (bicyclic) bond motifs is 1. The molecule has 0 saturated heterocycles. The van der Waals surface area contributed by atoms with E-state index in [1.54, 1.807) is 6.92 Å². The number of aromatic amines is 1. The molecule has 0 saturated carbocycles. The van der Waals surface area contributed by atoms with E-state index < -0.39 is 38.7 Å². The number of aromatic nitrogens is 2. The molecule has 2 aromatic heterocycles. The summed E-state index contributed by atoms with van der Waals surface area (Å²) in [6.07, 6.45) is 3.03. The van der Waals surface area contributed by atoms with Crippen molar-refractivity contribution in [3.05, 3.63) is 53.4 Å². The molecule has 0 radical (unpaired) electrons. The largest absolute Gasteiger partial charge is 0.495 e. The predicted octanol–water partition coefficient (Wildman–Crippen LogP) is 3.23. The number of hydrogen-bond donors (Lipinski definition) is 2. The summed E-state index contributed by atoms with van der Waals surface area (Å²) >= 11 is 0. The van der Waals surface area contributed by atoms with E-state index in [-0.39, 0.29) is 11.3 Å². The number of nitrogens with zero attached hydrogens (tertiary/aromatic N) is 1. The van der Waals surface area contributed by atoms with E-state index in [0.29, 0.717) is 23.2 Å². The fourth-order valence-corrected chi connectivity index (χ4v) is 3.88. The van der Waals surface area contributed by atoms with Crippen molar-refractivity contribution in [1.29, 1.82) is 0 Å². The third kappa shape index (κ3) is 3.68. The summed E-state index contributed by atoms with van der Waals surface area (Å²) in [4.78, 5) is 19.7. The second-order valence-corrected chi connectivity index (χ2v) is 7.85. The molecule has 2 heterocycles. The summed E-state index contributed by atoms with van der Waals surface area (Å²) in [6.45, 7) is 1.65. The predicted molar refractivity (Wildman–Crippen MR) is 100 cm³/mol. The lowest BCUT2D eigenvalue weighted by Crippen LogP contribution is -2.18. The van der Waals surface area contributed by atoms with Crippen molar-refractivity contribution < 1.29 is 26.7 Å². The van der Waals surface area contributed by atoms with Crippen molar-refractivity contribution in [1.82, 2.24) is 9.97 Å². The molecule has 0 fully saturated rings. The number of anilines is 1. The van der Waals surface area contributed by atoms with Crippen LogP contribution in [0.4, 0.5) is 14.5 Å². The zero-order chi connectivity index (χ0) is 20.5. The molecule has 0 bridgehead atoms. The first-order valence-electron chi connectivity index (χ1n) is 8.31. The number of carbonyl (C=O) groups excluding carboxylic acids is 1. The maximum Gasteiger partial charge on any atom is 0.232 e. The van der Waals surface area contributed by atoms with Gasteiger partial charge in [-0.1, -0.05) is 6.92 Å². The van der Waals surface area contributed by atoms with E-state index in [1.807, 2.05) is 4.72 Å². The fourth-order valence-electron chi connectivity index (χ4n) is 2.75. The minimum atomic E-state index is -3.82. The van der Waals surface area contributed by atoms with Gasteiger partial charge >= 0.3 is 0 Å². The van der Waals surface area contributed by atoms with Crippen LogP contribution >= 0.6 is 0 Å². The second-order valence-electron chi connectivity index (χ2n) is 6.01. The number of rotatable bonds is 7. The van der Waals surface area contributed by atoms with Gasteiger partial charge in [0.15, 0.2) is 5.82 Å². The molecule has 2 N–H and O–H groups in total. The van der Waals surface area contributed by atoms with Gasteiger partial charge in [0.05, 0.1) is 30.3 Å². The van der Waals surface area contributed by atoms with Crippen LogP contribution in [-0.2, 0) is 10.0 Å². The number of ketones is 1. The van der Waals surface area contributed by atoms with Crippen LogP contribution in [0, 0.1) is 11.6 Å². The summed E-state index contributed by atoms with van der Waals surface area (Å²) in [6, 6.07) is 3.29. The van der Waals surface area contributed by atoms with Crippen LogP contribution in [0.15, 0.2) is 30.6 Å². The van der Waals surface area contributed by atoms with Crippen LogP contribution in [0.3, 0.4) is 0 Å². The zero-order valence-corrected chi connectivity index (χ0v) is 15.9. The Bertz CT molecular complexity index is 1160. The number of H-pyrrole nitrogens is 1. The number of nitrogens with one attached hydrogen (secondary N) is 2. The smallest absolute Gasteiger partial charge is 0.232 e. The van der Waals surface area contributed by atoms with Gasteiger partial charge in [-0.25, -0.2) is 22.2 Å². The lowest BCUT2D eigenvalue weighted by Gasteiger charge is -2.11. The maximum absolute atomic E-state index is 14.9. The number of hydrogen-bond acceptors (Lipinski definition) is 5. The molecule has 148 valence electrons. The SMILES string of the molecule is CCCS(=O)(=O)Nc1ccc(F)c(C(=O)c2c[nH]c3ncc(OC)cc23)c1F. The molecule has 3 aromatic rings. The Morgan fingerprint density at radius 2 is 2.07 bits per heavy atom. The first-order valence-corrected chi connectivity index (χ1v) is 9.97. The van der Waals surface area contributed by atoms with Crippen molar-refractivity contribution in [3.8, 4) is 5.75 Å². The number of carbonyl (C=O) groups is 1. The number of ether oxygens (including phenoxy) is 1. The van der Waals surface area contributed by atoms with E-state index in [1.165, 1.54) is 25.6 Å². The number of methoxy groups -OCH3 is 1. The van der Waals surface area contributed by atoms with Gasteiger partial charge in [-0.3, -0.25) is 9.52 Å². The monoisotopic (exact) mass is 409 g/mol. The highest BCUT2D eigenvalue weighted by Gasteiger charge is 2.25. The van der Waals surface area contributed by atoms with E-state index in [0.717, 1.165) is 12.1 Å². The third-order valence-corrected chi connectivity index (χ3v) is 5.52. The zero-order valence-electron chi connectivity index (χ0n) is 15.0. The first-order chi connectivity index (χ1) is 13.3. The van der Waals surface area contributed by atoms with Crippen molar-refractivity contribution >= 4 is 32.5 Å². The van der Waals surface area contributed by atoms with Gasteiger partial charge < -0.3 is 9.72 Å². The number of benzene rings is 1. The minimum Gasteiger partial charge on any atom is -0.495 e. The Morgan fingerprint density at radius 3 is 2.75 bits per heavy atom. The normalized spacial score (nSPS) is 11.6. The number of halogens is 2. The number of pyridine rings is 1. The highest BCUT2D eigenvalue weighted by Crippen LogP contribution is 2.28. The molecule has 10 heteroatoms. The highest BCUT2D eigenvalue weighted by molar-refractivity contribution is 7.92. The molecular weight excluding hydrogens is 392 g/mol. The first kappa shape index (κ1) is 19.7. The molecular formula is C18H17F2N3O4S. The summed E-state index contributed by atoms with van der Waals surface area (Å²) < 4.78 is 60.1. The summed E-state index contributed by atoms with van der Waals surface area (Å²) in [5.74, 6) is -3.21. The lowest BCUT2D eigenvalue weighted by molar-refractivity contribution is 0.103. The second kappa shape index (κ2) is 7.55. The third-order valence-electron chi connectivity index (χ3n) is 4.04. The quantitative estimate of drug-likeness (QED) is 0.584. The Morgan fingerprint density at radius 1 is 1.32 bits per heavy atom. The summed E-state index contributed by atoms with van der Waals surface area (Å²) in [7, 11) is -2.40. The average molecular weight is 409 g/mol. The van der Waals surface area contributed by atoms with Crippen molar-refractivity contribution in [2.75, 3.05) is 17.6 Å².